The second kappa shape index (κ2) is 4.82. The summed E-state index contributed by atoms with van der Waals surface area (Å²) in [6.45, 7) is 6.40. The minimum Gasteiger partial charge on any atom is -0.124 e. The molecule has 1 aromatic carbocycles. The molecule has 0 spiro atoms. The molecule has 72 valence electrons. The number of alkyl halides is 1. The van der Waals surface area contributed by atoms with Crippen molar-refractivity contribution < 1.29 is 0 Å². The summed E-state index contributed by atoms with van der Waals surface area (Å²) < 4.78 is 0. The Bertz CT molecular complexity index is 261. The van der Waals surface area contributed by atoms with Gasteiger partial charge >= 0.3 is 0 Å². The SMILES string of the molecule is Cc1cc(C)cc([SiH2]CC(C)Cl)c1. The second-order valence-corrected chi connectivity index (χ2v) is 6.45. The number of benzene rings is 1. The topological polar surface area (TPSA) is 0 Å². The lowest BCUT2D eigenvalue weighted by molar-refractivity contribution is 1.09. The molecule has 2 heteroatoms. The van der Waals surface area contributed by atoms with Crippen LogP contribution in [0.1, 0.15) is 18.1 Å². The number of rotatable bonds is 3. The lowest BCUT2D eigenvalue weighted by atomic mass is 10.2. The summed E-state index contributed by atoms with van der Waals surface area (Å²) in [5.74, 6) is 0. The maximum absolute atomic E-state index is 5.94. The summed E-state index contributed by atoms with van der Waals surface area (Å²) >= 11 is 5.94. The van der Waals surface area contributed by atoms with Crippen molar-refractivity contribution in [1.82, 2.24) is 0 Å². The summed E-state index contributed by atoms with van der Waals surface area (Å²) in [7, 11) is -0.134. The molecule has 0 N–H and O–H groups in total. The van der Waals surface area contributed by atoms with Gasteiger partial charge < -0.3 is 0 Å². The molecular formula is C11H17ClSi. The van der Waals surface area contributed by atoms with Gasteiger partial charge in [-0.2, -0.15) is 0 Å². The zero-order chi connectivity index (χ0) is 9.84. The van der Waals surface area contributed by atoms with Gasteiger partial charge in [-0.15, -0.1) is 11.6 Å². The van der Waals surface area contributed by atoms with Crippen LogP contribution in [0.3, 0.4) is 0 Å². The van der Waals surface area contributed by atoms with Crippen molar-refractivity contribution in [3.63, 3.8) is 0 Å². The Labute approximate surface area is 88.1 Å². The van der Waals surface area contributed by atoms with Gasteiger partial charge in [-0.25, -0.2) is 0 Å². The standard InChI is InChI=1S/C11H17ClSi/c1-8-4-9(2)6-11(5-8)13-7-10(3)12/h4-6,10H,7,13H2,1-3H3. The van der Waals surface area contributed by atoms with Crippen LogP contribution in [0, 0.1) is 13.8 Å². The molecule has 0 aliphatic heterocycles. The average molecular weight is 213 g/mol. The van der Waals surface area contributed by atoms with Crippen molar-refractivity contribution in [1.29, 1.82) is 0 Å². The van der Waals surface area contributed by atoms with Gasteiger partial charge in [0, 0.05) is 5.38 Å². The largest absolute Gasteiger partial charge is 0.124 e. The number of hydrogen-bond donors (Lipinski definition) is 0. The molecule has 0 aliphatic rings. The molecule has 1 unspecified atom stereocenters. The normalized spacial score (nSPS) is 13.8. The molecule has 1 atom stereocenters. The van der Waals surface area contributed by atoms with Crippen LogP contribution in [0.4, 0.5) is 0 Å². The third-order valence-electron chi connectivity index (χ3n) is 2.11. The molecular weight excluding hydrogens is 196 g/mol. The lowest BCUT2D eigenvalue weighted by Crippen LogP contribution is -2.16. The summed E-state index contributed by atoms with van der Waals surface area (Å²) in [6.07, 6.45) is 0. The fourth-order valence-electron chi connectivity index (χ4n) is 1.58. The fourth-order valence-corrected chi connectivity index (χ4v) is 3.57. The van der Waals surface area contributed by atoms with Crippen molar-refractivity contribution in [3.8, 4) is 0 Å². The van der Waals surface area contributed by atoms with Gasteiger partial charge in [-0.05, 0) is 26.8 Å². The summed E-state index contributed by atoms with van der Waals surface area (Å²) in [5.41, 5.74) is 2.76. The average Bonchev–Trinajstić information content (AvgIpc) is 1.99. The Morgan fingerprint density at radius 1 is 1.23 bits per heavy atom. The molecule has 0 saturated heterocycles. The van der Waals surface area contributed by atoms with Gasteiger partial charge in [-0.1, -0.05) is 34.5 Å². The van der Waals surface area contributed by atoms with Crippen molar-refractivity contribution in [2.45, 2.75) is 32.2 Å². The predicted octanol–water partition coefficient (Wildman–Crippen LogP) is 2.14. The Hall–Kier alpha value is -0.273. The van der Waals surface area contributed by atoms with E-state index in [1.54, 1.807) is 5.19 Å². The molecule has 0 nitrogen and oxygen atoms in total. The van der Waals surface area contributed by atoms with Gasteiger partial charge in [0.15, 0.2) is 0 Å². The van der Waals surface area contributed by atoms with E-state index in [0.29, 0.717) is 5.38 Å². The van der Waals surface area contributed by atoms with Crippen molar-refractivity contribution in [2.24, 2.45) is 0 Å². The van der Waals surface area contributed by atoms with E-state index in [1.807, 2.05) is 0 Å². The maximum Gasteiger partial charge on any atom is 0.0562 e. The highest BCUT2D eigenvalue weighted by atomic mass is 35.5. The summed E-state index contributed by atoms with van der Waals surface area (Å²) in [5, 5.41) is 1.89. The monoisotopic (exact) mass is 212 g/mol. The first-order valence-electron chi connectivity index (χ1n) is 4.79. The van der Waals surface area contributed by atoms with Crippen molar-refractivity contribution in [2.75, 3.05) is 0 Å². The summed E-state index contributed by atoms with van der Waals surface area (Å²) in [6, 6.07) is 8.03. The van der Waals surface area contributed by atoms with Crippen LogP contribution < -0.4 is 5.19 Å². The van der Waals surface area contributed by atoms with E-state index in [0.717, 1.165) is 0 Å². The zero-order valence-electron chi connectivity index (χ0n) is 8.60. The van der Waals surface area contributed by atoms with E-state index < -0.39 is 0 Å². The molecule has 1 aromatic rings. The third-order valence-corrected chi connectivity index (χ3v) is 4.84. The quantitative estimate of drug-likeness (QED) is 0.532. The van der Waals surface area contributed by atoms with Crippen LogP contribution in [0.15, 0.2) is 18.2 Å². The minimum atomic E-state index is -0.134. The molecule has 0 fully saturated rings. The van der Waals surface area contributed by atoms with Gasteiger partial charge in [0.05, 0.1) is 9.52 Å². The van der Waals surface area contributed by atoms with E-state index >= 15 is 0 Å². The van der Waals surface area contributed by atoms with Gasteiger partial charge in [0.25, 0.3) is 0 Å². The molecule has 0 aliphatic carbocycles. The first-order chi connectivity index (χ1) is 6.08. The summed E-state index contributed by atoms with van der Waals surface area (Å²) in [4.78, 5) is 0. The Kier molecular flexibility index (Phi) is 4.01. The van der Waals surface area contributed by atoms with Crippen LogP contribution in [0.25, 0.3) is 0 Å². The first-order valence-corrected chi connectivity index (χ1v) is 6.93. The Morgan fingerprint density at radius 3 is 2.23 bits per heavy atom. The second-order valence-electron chi connectivity index (χ2n) is 3.82. The van der Waals surface area contributed by atoms with Gasteiger partial charge in [0.1, 0.15) is 0 Å². The van der Waals surface area contributed by atoms with Gasteiger partial charge in [-0.3, -0.25) is 0 Å². The molecule has 0 heterocycles. The van der Waals surface area contributed by atoms with Crippen molar-refractivity contribution in [3.05, 3.63) is 29.3 Å². The number of hydrogen-bond acceptors (Lipinski definition) is 0. The third kappa shape index (κ3) is 3.97. The van der Waals surface area contributed by atoms with Crippen molar-refractivity contribution >= 4 is 26.3 Å². The van der Waals surface area contributed by atoms with Gasteiger partial charge in [0.2, 0.25) is 0 Å². The smallest absolute Gasteiger partial charge is 0.0562 e. The molecule has 1 rings (SSSR count). The van der Waals surface area contributed by atoms with Crippen LogP contribution in [-0.2, 0) is 0 Å². The number of aryl methyl sites for hydroxylation is 2. The first kappa shape index (κ1) is 10.8. The molecule has 0 bridgehead atoms. The Balaban J connectivity index is 2.66. The molecule has 13 heavy (non-hydrogen) atoms. The highest BCUT2D eigenvalue weighted by Crippen LogP contribution is 2.03. The number of halogens is 1. The Morgan fingerprint density at radius 2 is 1.77 bits per heavy atom. The highest BCUT2D eigenvalue weighted by Gasteiger charge is 2.00. The van der Waals surface area contributed by atoms with E-state index in [4.69, 9.17) is 11.6 Å². The fraction of sp³-hybridized carbons (Fsp3) is 0.455. The van der Waals surface area contributed by atoms with E-state index in [1.165, 1.54) is 17.2 Å². The maximum atomic E-state index is 5.94. The van der Waals surface area contributed by atoms with Crippen LogP contribution in [0.2, 0.25) is 6.04 Å². The molecule has 0 aromatic heterocycles. The molecule has 0 radical (unpaired) electrons. The van der Waals surface area contributed by atoms with Crippen LogP contribution in [-0.4, -0.2) is 14.9 Å². The lowest BCUT2D eigenvalue weighted by Gasteiger charge is -2.05. The zero-order valence-corrected chi connectivity index (χ0v) is 10.8. The highest BCUT2D eigenvalue weighted by molar-refractivity contribution is 6.54. The minimum absolute atomic E-state index is 0.134. The van der Waals surface area contributed by atoms with E-state index in [9.17, 15) is 0 Å². The molecule has 0 saturated carbocycles. The van der Waals surface area contributed by atoms with Crippen LogP contribution >= 0.6 is 11.6 Å². The van der Waals surface area contributed by atoms with E-state index in [-0.39, 0.29) is 9.52 Å². The predicted molar refractivity (Wildman–Crippen MR) is 64.2 cm³/mol. The molecule has 0 amide bonds. The van der Waals surface area contributed by atoms with Crippen LogP contribution in [0.5, 0.6) is 0 Å². The van der Waals surface area contributed by atoms with E-state index in [2.05, 4.69) is 39.0 Å².